The fourth-order valence-corrected chi connectivity index (χ4v) is 2.85. The minimum absolute atomic E-state index is 0.588. The normalized spacial score (nSPS) is 22.3. The van der Waals surface area contributed by atoms with Gasteiger partial charge in [-0.05, 0) is 57.7 Å². The topological polar surface area (TPSA) is 15.3 Å². The summed E-state index contributed by atoms with van der Waals surface area (Å²) in [5.74, 6) is 0. The van der Waals surface area contributed by atoms with Crippen LogP contribution in [0.4, 0.5) is 0 Å². The number of hydrogen-bond acceptors (Lipinski definition) is 2. The summed E-state index contributed by atoms with van der Waals surface area (Å²) in [4.78, 5) is 2.68. The van der Waals surface area contributed by atoms with Gasteiger partial charge in [0.25, 0.3) is 0 Å². The minimum Gasteiger partial charge on any atom is -0.317 e. The highest BCUT2D eigenvalue weighted by Gasteiger charge is 2.32. The first-order valence-corrected chi connectivity index (χ1v) is 7.12. The lowest BCUT2D eigenvalue weighted by atomic mass is 9.76. The highest BCUT2D eigenvalue weighted by atomic mass is 15.2. The van der Waals surface area contributed by atoms with Crippen molar-refractivity contribution in [2.24, 2.45) is 5.41 Å². The van der Waals surface area contributed by atoms with Gasteiger partial charge in [0.15, 0.2) is 0 Å². The third-order valence-electron chi connectivity index (χ3n) is 4.57. The number of nitrogens with one attached hydrogen (secondary N) is 1. The third kappa shape index (κ3) is 3.46. The number of rotatable bonds is 6. The molecule has 1 aliphatic rings. The van der Waals surface area contributed by atoms with Crippen molar-refractivity contribution in [3.05, 3.63) is 0 Å². The van der Waals surface area contributed by atoms with Crippen molar-refractivity contribution in [3.63, 3.8) is 0 Å². The van der Waals surface area contributed by atoms with Crippen LogP contribution in [0, 0.1) is 5.41 Å². The molecule has 0 bridgehead atoms. The molecule has 16 heavy (non-hydrogen) atoms. The average Bonchev–Trinajstić information content (AvgIpc) is 2.36. The van der Waals surface area contributed by atoms with Gasteiger partial charge in [-0.3, -0.25) is 0 Å². The first kappa shape index (κ1) is 14.0. The van der Waals surface area contributed by atoms with E-state index in [2.05, 4.69) is 37.9 Å². The molecule has 2 nitrogen and oxygen atoms in total. The van der Waals surface area contributed by atoms with Crippen LogP contribution in [-0.2, 0) is 0 Å². The molecule has 1 fully saturated rings. The molecule has 0 aromatic heterocycles. The average molecular weight is 226 g/mol. The maximum absolute atomic E-state index is 3.49. The number of hydrogen-bond donors (Lipinski definition) is 1. The summed E-state index contributed by atoms with van der Waals surface area (Å²) in [5.41, 5.74) is 0.588. The Morgan fingerprint density at radius 1 is 1.19 bits per heavy atom. The molecule has 1 heterocycles. The summed E-state index contributed by atoms with van der Waals surface area (Å²) in [6.45, 7) is 14.3. The Kier molecular flexibility index (Phi) is 5.77. The Balaban J connectivity index is 2.58. The number of nitrogens with zero attached hydrogens (tertiary/aromatic N) is 1. The van der Waals surface area contributed by atoms with Gasteiger partial charge in [0, 0.05) is 12.6 Å². The van der Waals surface area contributed by atoms with Gasteiger partial charge in [-0.1, -0.05) is 20.8 Å². The molecule has 1 aliphatic heterocycles. The quantitative estimate of drug-likeness (QED) is 0.749. The van der Waals surface area contributed by atoms with Crippen molar-refractivity contribution in [2.45, 2.75) is 59.4 Å². The van der Waals surface area contributed by atoms with Gasteiger partial charge in [-0.15, -0.1) is 0 Å². The predicted molar refractivity (Wildman–Crippen MR) is 71.8 cm³/mol. The fraction of sp³-hybridized carbons (Fsp3) is 1.00. The van der Waals surface area contributed by atoms with Crippen LogP contribution >= 0.6 is 0 Å². The van der Waals surface area contributed by atoms with Gasteiger partial charge in [0.2, 0.25) is 0 Å². The molecule has 0 radical (unpaired) electrons. The van der Waals surface area contributed by atoms with Gasteiger partial charge in [0.05, 0.1) is 0 Å². The summed E-state index contributed by atoms with van der Waals surface area (Å²) < 4.78 is 0. The highest BCUT2D eigenvalue weighted by Crippen LogP contribution is 2.34. The summed E-state index contributed by atoms with van der Waals surface area (Å²) in [7, 11) is 0. The van der Waals surface area contributed by atoms with E-state index in [4.69, 9.17) is 0 Å². The first-order valence-electron chi connectivity index (χ1n) is 7.12. The lowest BCUT2D eigenvalue weighted by Crippen LogP contribution is -2.46. The molecule has 1 saturated heterocycles. The molecule has 0 spiro atoms. The zero-order chi connectivity index (χ0) is 12.0. The van der Waals surface area contributed by atoms with E-state index < -0.39 is 0 Å². The van der Waals surface area contributed by atoms with E-state index in [-0.39, 0.29) is 0 Å². The van der Waals surface area contributed by atoms with E-state index >= 15 is 0 Å². The van der Waals surface area contributed by atoms with Crippen molar-refractivity contribution in [2.75, 3.05) is 26.2 Å². The smallest absolute Gasteiger partial charge is 0.00644 e. The van der Waals surface area contributed by atoms with Crippen LogP contribution in [0.1, 0.15) is 53.4 Å². The molecule has 1 unspecified atom stereocenters. The second-order valence-corrected chi connectivity index (χ2v) is 5.42. The molecular formula is C14H30N2. The van der Waals surface area contributed by atoms with E-state index in [0.717, 1.165) is 6.04 Å². The maximum atomic E-state index is 3.49. The molecular weight excluding hydrogens is 196 g/mol. The van der Waals surface area contributed by atoms with Gasteiger partial charge < -0.3 is 10.2 Å². The monoisotopic (exact) mass is 226 g/mol. The lowest BCUT2D eigenvalue weighted by Gasteiger charge is -2.42. The molecule has 0 saturated carbocycles. The summed E-state index contributed by atoms with van der Waals surface area (Å²) in [6.07, 6.45) is 5.32. The van der Waals surface area contributed by atoms with Crippen LogP contribution in [0.3, 0.4) is 0 Å². The zero-order valence-corrected chi connectivity index (χ0v) is 11.7. The van der Waals surface area contributed by atoms with Crippen molar-refractivity contribution in [1.82, 2.24) is 10.2 Å². The Morgan fingerprint density at radius 2 is 1.81 bits per heavy atom. The molecule has 96 valence electrons. The number of piperidine rings is 1. The molecule has 2 heteroatoms. The SMILES string of the molecule is CCC(C)N(CC)CC1(CC)CCNCC1. The van der Waals surface area contributed by atoms with Crippen molar-refractivity contribution < 1.29 is 0 Å². The maximum Gasteiger partial charge on any atom is 0.00644 e. The summed E-state index contributed by atoms with van der Waals surface area (Å²) >= 11 is 0. The van der Waals surface area contributed by atoms with Gasteiger partial charge in [-0.2, -0.15) is 0 Å². The third-order valence-corrected chi connectivity index (χ3v) is 4.57. The zero-order valence-electron chi connectivity index (χ0n) is 11.7. The van der Waals surface area contributed by atoms with Crippen molar-refractivity contribution >= 4 is 0 Å². The second kappa shape index (κ2) is 6.61. The Morgan fingerprint density at radius 3 is 2.25 bits per heavy atom. The Labute approximate surface area is 102 Å². The molecule has 0 aromatic carbocycles. The largest absolute Gasteiger partial charge is 0.317 e. The van der Waals surface area contributed by atoms with Crippen LogP contribution in [-0.4, -0.2) is 37.1 Å². The van der Waals surface area contributed by atoms with Gasteiger partial charge in [0.1, 0.15) is 0 Å². The van der Waals surface area contributed by atoms with E-state index in [1.165, 1.54) is 51.9 Å². The summed E-state index contributed by atoms with van der Waals surface area (Å²) in [6, 6.07) is 0.739. The van der Waals surface area contributed by atoms with E-state index in [0.29, 0.717) is 5.41 Å². The second-order valence-electron chi connectivity index (χ2n) is 5.42. The van der Waals surface area contributed by atoms with Crippen LogP contribution in [0.2, 0.25) is 0 Å². The standard InChI is InChI=1S/C14H30N2/c1-5-13(4)16(7-3)12-14(6-2)8-10-15-11-9-14/h13,15H,5-12H2,1-4H3. The highest BCUT2D eigenvalue weighted by molar-refractivity contribution is 4.87. The molecule has 0 aliphatic carbocycles. The lowest BCUT2D eigenvalue weighted by molar-refractivity contribution is 0.0845. The molecule has 0 aromatic rings. The molecule has 0 amide bonds. The minimum atomic E-state index is 0.588. The molecule has 1 atom stereocenters. The molecule has 1 rings (SSSR count). The van der Waals surface area contributed by atoms with Gasteiger partial charge >= 0.3 is 0 Å². The Hall–Kier alpha value is -0.0800. The first-order chi connectivity index (χ1) is 7.67. The van der Waals surface area contributed by atoms with Crippen molar-refractivity contribution in [3.8, 4) is 0 Å². The summed E-state index contributed by atoms with van der Waals surface area (Å²) in [5, 5.41) is 3.49. The van der Waals surface area contributed by atoms with E-state index in [1.807, 2.05) is 0 Å². The van der Waals surface area contributed by atoms with Crippen molar-refractivity contribution in [1.29, 1.82) is 0 Å². The Bertz CT molecular complexity index is 185. The van der Waals surface area contributed by atoms with Gasteiger partial charge in [-0.25, -0.2) is 0 Å². The van der Waals surface area contributed by atoms with Crippen LogP contribution in [0.5, 0.6) is 0 Å². The molecule has 1 N–H and O–H groups in total. The van der Waals surface area contributed by atoms with Crippen LogP contribution in [0.25, 0.3) is 0 Å². The predicted octanol–water partition coefficient (Wildman–Crippen LogP) is 2.89. The van der Waals surface area contributed by atoms with E-state index in [1.54, 1.807) is 0 Å². The van der Waals surface area contributed by atoms with Crippen LogP contribution < -0.4 is 5.32 Å². The van der Waals surface area contributed by atoms with Crippen LogP contribution in [0.15, 0.2) is 0 Å². The fourth-order valence-electron chi connectivity index (χ4n) is 2.85. The van der Waals surface area contributed by atoms with E-state index in [9.17, 15) is 0 Å².